The van der Waals surface area contributed by atoms with Gasteiger partial charge < -0.3 is 9.84 Å². The fourth-order valence-electron chi connectivity index (χ4n) is 1.85. The van der Waals surface area contributed by atoms with Crippen molar-refractivity contribution < 1.29 is 19.4 Å². The predicted octanol–water partition coefficient (Wildman–Crippen LogP) is 2.28. The molecular formula is C16H11NO4. The van der Waals surface area contributed by atoms with E-state index < -0.39 is 18.0 Å². The lowest BCUT2D eigenvalue weighted by atomic mass is 10.0. The van der Waals surface area contributed by atoms with E-state index in [-0.39, 0.29) is 0 Å². The summed E-state index contributed by atoms with van der Waals surface area (Å²) < 4.78 is 5.04. The zero-order valence-electron chi connectivity index (χ0n) is 10.9. The van der Waals surface area contributed by atoms with Crippen molar-refractivity contribution in [3.63, 3.8) is 0 Å². The average molecular weight is 281 g/mol. The van der Waals surface area contributed by atoms with E-state index in [1.165, 1.54) is 0 Å². The first-order valence-electron chi connectivity index (χ1n) is 6.10. The van der Waals surface area contributed by atoms with Gasteiger partial charge in [0.2, 0.25) is 0 Å². The molecule has 5 nitrogen and oxygen atoms in total. The molecule has 0 aliphatic heterocycles. The van der Waals surface area contributed by atoms with Crippen molar-refractivity contribution >= 4 is 11.9 Å². The number of aliphatic carboxylic acids is 1. The van der Waals surface area contributed by atoms with E-state index in [1.54, 1.807) is 54.6 Å². The molecule has 0 amide bonds. The Morgan fingerprint density at radius 2 is 1.57 bits per heavy atom. The summed E-state index contributed by atoms with van der Waals surface area (Å²) in [5, 5.41) is 17.5. The molecule has 21 heavy (non-hydrogen) atoms. The molecule has 1 unspecified atom stereocenters. The van der Waals surface area contributed by atoms with Crippen LogP contribution in [0.3, 0.4) is 0 Å². The highest BCUT2D eigenvalue weighted by Gasteiger charge is 2.23. The van der Waals surface area contributed by atoms with Crippen LogP contribution in [-0.4, -0.2) is 17.0 Å². The molecule has 0 aromatic heterocycles. The zero-order valence-corrected chi connectivity index (χ0v) is 10.9. The van der Waals surface area contributed by atoms with Gasteiger partial charge in [0.25, 0.3) is 0 Å². The van der Waals surface area contributed by atoms with Crippen molar-refractivity contribution in [3.05, 3.63) is 71.3 Å². The van der Waals surface area contributed by atoms with Gasteiger partial charge in [-0.1, -0.05) is 42.5 Å². The minimum atomic E-state index is -1.65. The van der Waals surface area contributed by atoms with Crippen molar-refractivity contribution in [2.24, 2.45) is 0 Å². The second-order valence-corrected chi connectivity index (χ2v) is 4.23. The summed E-state index contributed by atoms with van der Waals surface area (Å²) in [7, 11) is 0. The summed E-state index contributed by atoms with van der Waals surface area (Å²) in [6.45, 7) is 0. The highest BCUT2D eigenvalue weighted by Crippen LogP contribution is 2.26. The van der Waals surface area contributed by atoms with Crippen LogP contribution >= 0.6 is 0 Å². The van der Waals surface area contributed by atoms with Gasteiger partial charge in [-0.2, -0.15) is 5.26 Å². The first-order valence-corrected chi connectivity index (χ1v) is 6.10. The highest BCUT2D eigenvalue weighted by molar-refractivity contribution is 6.28. The lowest BCUT2D eigenvalue weighted by Gasteiger charge is -2.17. The summed E-state index contributed by atoms with van der Waals surface area (Å²) >= 11 is 0. The lowest BCUT2D eigenvalue weighted by Crippen LogP contribution is -2.20. The molecule has 1 atom stereocenters. The molecule has 5 heteroatoms. The first-order chi connectivity index (χ1) is 10.1. The van der Waals surface area contributed by atoms with E-state index >= 15 is 0 Å². The molecule has 0 saturated heterocycles. The number of carboxylic acids is 1. The number of esters is 1. The molecule has 0 aliphatic carbocycles. The number of ether oxygens (including phenoxy) is 1. The fourth-order valence-corrected chi connectivity index (χ4v) is 1.85. The lowest BCUT2D eigenvalue weighted by molar-refractivity contribution is -0.166. The standard InChI is InChI=1S/C16H11NO4/c17-10-11-6-8-13(9-7-11)14(21-16(20)15(18)19)12-4-2-1-3-5-12/h1-9,14H,(H,18,19). The Balaban J connectivity index is 2.37. The van der Waals surface area contributed by atoms with E-state index in [1.807, 2.05) is 6.07 Å². The van der Waals surface area contributed by atoms with Crippen LogP contribution in [0.25, 0.3) is 0 Å². The molecule has 0 aliphatic rings. The molecule has 0 fully saturated rings. The SMILES string of the molecule is N#Cc1ccc(C(OC(=O)C(=O)O)c2ccccc2)cc1. The molecule has 0 spiro atoms. The summed E-state index contributed by atoms with van der Waals surface area (Å²) in [5.41, 5.74) is 1.71. The van der Waals surface area contributed by atoms with Gasteiger partial charge in [0, 0.05) is 0 Å². The van der Waals surface area contributed by atoms with Gasteiger partial charge in [-0.15, -0.1) is 0 Å². The van der Waals surface area contributed by atoms with Crippen LogP contribution < -0.4 is 0 Å². The van der Waals surface area contributed by atoms with E-state index in [0.717, 1.165) is 0 Å². The molecule has 1 N–H and O–H groups in total. The molecule has 104 valence electrons. The average Bonchev–Trinajstić information content (AvgIpc) is 2.53. The van der Waals surface area contributed by atoms with Gasteiger partial charge in [0.1, 0.15) is 0 Å². The van der Waals surface area contributed by atoms with Crippen LogP contribution in [0.1, 0.15) is 22.8 Å². The van der Waals surface area contributed by atoms with Crippen molar-refractivity contribution in [1.82, 2.24) is 0 Å². The minimum absolute atomic E-state index is 0.468. The van der Waals surface area contributed by atoms with Crippen LogP contribution in [0.2, 0.25) is 0 Å². The Kier molecular flexibility index (Phi) is 4.32. The van der Waals surface area contributed by atoms with Crippen molar-refractivity contribution in [2.45, 2.75) is 6.10 Å². The molecule has 0 heterocycles. The number of carbonyl (C=O) groups excluding carboxylic acids is 1. The van der Waals surface area contributed by atoms with Crippen LogP contribution in [-0.2, 0) is 14.3 Å². The molecule has 2 rings (SSSR count). The van der Waals surface area contributed by atoms with E-state index in [9.17, 15) is 9.59 Å². The second-order valence-electron chi connectivity index (χ2n) is 4.23. The maximum absolute atomic E-state index is 11.3. The maximum Gasteiger partial charge on any atom is 0.418 e. The van der Waals surface area contributed by atoms with Gasteiger partial charge in [-0.25, -0.2) is 9.59 Å². The van der Waals surface area contributed by atoms with Crippen molar-refractivity contribution in [1.29, 1.82) is 5.26 Å². The van der Waals surface area contributed by atoms with Gasteiger partial charge in [-0.05, 0) is 23.3 Å². The van der Waals surface area contributed by atoms with Crippen LogP contribution in [0.4, 0.5) is 0 Å². The monoisotopic (exact) mass is 281 g/mol. The molecule has 0 bridgehead atoms. The summed E-state index contributed by atoms with van der Waals surface area (Å²) in [4.78, 5) is 22.0. The number of benzene rings is 2. The smallest absolute Gasteiger partial charge is 0.418 e. The quantitative estimate of drug-likeness (QED) is 0.688. The van der Waals surface area contributed by atoms with Gasteiger partial charge in [0.15, 0.2) is 6.10 Å². The maximum atomic E-state index is 11.3. The number of carbonyl (C=O) groups is 2. The van der Waals surface area contributed by atoms with Gasteiger partial charge in [0.05, 0.1) is 11.6 Å². The van der Waals surface area contributed by atoms with E-state index in [2.05, 4.69) is 0 Å². The van der Waals surface area contributed by atoms with Crippen molar-refractivity contribution in [3.8, 4) is 6.07 Å². The third-order valence-electron chi connectivity index (χ3n) is 2.84. The zero-order chi connectivity index (χ0) is 15.2. The van der Waals surface area contributed by atoms with E-state index in [0.29, 0.717) is 16.7 Å². The molecule has 2 aromatic rings. The number of nitrogens with zero attached hydrogens (tertiary/aromatic N) is 1. The fraction of sp³-hybridized carbons (Fsp3) is 0.0625. The van der Waals surface area contributed by atoms with Gasteiger partial charge in [-0.3, -0.25) is 0 Å². The minimum Gasteiger partial charge on any atom is -0.473 e. The van der Waals surface area contributed by atoms with Crippen LogP contribution in [0.15, 0.2) is 54.6 Å². The number of nitriles is 1. The Bertz CT molecular complexity index is 686. The molecular weight excluding hydrogens is 270 g/mol. The Morgan fingerprint density at radius 1 is 1.00 bits per heavy atom. The summed E-state index contributed by atoms with van der Waals surface area (Å²) in [6, 6.07) is 17.2. The topological polar surface area (TPSA) is 87.4 Å². The number of rotatable bonds is 3. The highest BCUT2D eigenvalue weighted by atomic mass is 16.6. The molecule has 0 radical (unpaired) electrons. The Hall–Kier alpha value is -3.13. The molecule has 2 aromatic carbocycles. The van der Waals surface area contributed by atoms with Crippen LogP contribution in [0.5, 0.6) is 0 Å². The number of hydrogen-bond donors (Lipinski definition) is 1. The van der Waals surface area contributed by atoms with Crippen molar-refractivity contribution in [2.75, 3.05) is 0 Å². The third kappa shape index (κ3) is 3.45. The van der Waals surface area contributed by atoms with Gasteiger partial charge >= 0.3 is 11.9 Å². The largest absolute Gasteiger partial charge is 0.473 e. The summed E-state index contributed by atoms with van der Waals surface area (Å²) in [6.07, 6.45) is -0.831. The Labute approximate surface area is 121 Å². The number of carboxylic acid groups (broad SMARTS) is 1. The molecule has 0 saturated carbocycles. The second kappa shape index (κ2) is 6.35. The number of hydrogen-bond acceptors (Lipinski definition) is 4. The Morgan fingerprint density at radius 3 is 2.10 bits per heavy atom. The summed E-state index contributed by atoms with van der Waals surface area (Å²) in [5.74, 6) is -2.97. The third-order valence-corrected chi connectivity index (χ3v) is 2.84. The normalized spacial score (nSPS) is 11.2. The predicted molar refractivity (Wildman–Crippen MR) is 73.2 cm³/mol. The first kappa shape index (κ1) is 14.3. The van der Waals surface area contributed by atoms with E-state index in [4.69, 9.17) is 15.1 Å². The van der Waals surface area contributed by atoms with Crippen LogP contribution in [0, 0.1) is 11.3 Å².